The van der Waals surface area contributed by atoms with Gasteiger partial charge < -0.3 is 15.2 Å². The minimum atomic E-state index is -0.308. The molecule has 0 fully saturated rings. The van der Waals surface area contributed by atoms with Crippen LogP contribution in [0.4, 0.5) is 4.39 Å². The van der Waals surface area contributed by atoms with Gasteiger partial charge in [-0.2, -0.15) is 0 Å². The molecule has 0 aliphatic heterocycles. The molecule has 3 nitrogen and oxygen atoms in total. The van der Waals surface area contributed by atoms with E-state index in [2.05, 4.69) is 15.9 Å². The van der Waals surface area contributed by atoms with Crippen molar-refractivity contribution in [2.24, 2.45) is 5.73 Å². The van der Waals surface area contributed by atoms with Gasteiger partial charge >= 0.3 is 0 Å². The number of nitrogens with two attached hydrogens (primary N) is 1. The zero-order valence-corrected chi connectivity index (χ0v) is 12.6. The Bertz CT molecular complexity index is 551. The molecule has 0 bridgehead atoms. The van der Waals surface area contributed by atoms with Gasteiger partial charge in [-0.25, -0.2) is 4.39 Å². The number of rotatable bonds is 5. The van der Waals surface area contributed by atoms with Crippen molar-refractivity contribution in [2.45, 2.75) is 13.2 Å². The minimum Gasteiger partial charge on any atom is -0.497 e. The number of ether oxygens (including phenoxy) is 2. The SMILES string of the molecule is COc1ccc(OCc2ccc(CN)cc2F)c(Br)c1. The molecule has 106 valence electrons. The van der Waals surface area contributed by atoms with Crippen LogP contribution in [-0.4, -0.2) is 7.11 Å². The van der Waals surface area contributed by atoms with E-state index in [9.17, 15) is 4.39 Å². The Kier molecular flexibility index (Phi) is 4.98. The van der Waals surface area contributed by atoms with E-state index in [-0.39, 0.29) is 12.4 Å². The minimum absolute atomic E-state index is 0.154. The number of halogens is 2. The summed E-state index contributed by atoms with van der Waals surface area (Å²) >= 11 is 3.39. The van der Waals surface area contributed by atoms with Crippen LogP contribution in [0.2, 0.25) is 0 Å². The summed E-state index contributed by atoms with van der Waals surface area (Å²) < 4.78 is 25.3. The highest BCUT2D eigenvalue weighted by Crippen LogP contribution is 2.29. The van der Waals surface area contributed by atoms with Crippen molar-refractivity contribution in [3.63, 3.8) is 0 Å². The topological polar surface area (TPSA) is 44.5 Å². The lowest BCUT2D eigenvalue weighted by molar-refractivity contribution is 0.297. The fraction of sp³-hybridized carbons (Fsp3) is 0.200. The Morgan fingerprint density at radius 2 is 2.00 bits per heavy atom. The Morgan fingerprint density at radius 1 is 1.20 bits per heavy atom. The van der Waals surface area contributed by atoms with Crippen LogP contribution in [0, 0.1) is 5.82 Å². The van der Waals surface area contributed by atoms with E-state index in [0.717, 1.165) is 15.8 Å². The van der Waals surface area contributed by atoms with Crippen LogP contribution in [0.5, 0.6) is 11.5 Å². The molecular weight excluding hydrogens is 325 g/mol. The molecule has 2 aromatic rings. The smallest absolute Gasteiger partial charge is 0.134 e. The van der Waals surface area contributed by atoms with Gasteiger partial charge in [-0.3, -0.25) is 0 Å². The van der Waals surface area contributed by atoms with E-state index >= 15 is 0 Å². The second-order valence-corrected chi connectivity index (χ2v) is 5.07. The maximum Gasteiger partial charge on any atom is 0.134 e. The molecule has 0 saturated heterocycles. The Hall–Kier alpha value is -1.59. The molecule has 0 aromatic heterocycles. The number of hydrogen-bond acceptors (Lipinski definition) is 3. The first-order chi connectivity index (χ1) is 9.63. The number of hydrogen-bond donors (Lipinski definition) is 1. The lowest BCUT2D eigenvalue weighted by atomic mass is 10.1. The molecule has 0 amide bonds. The van der Waals surface area contributed by atoms with Gasteiger partial charge in [-0.05, 0) is 45.8 Å². The predicted octanol–water partition coefficient (Wildman–Crippen LogP) is 3.63. The van der Waals surface area contributed by atoms with Crippen LogP contribution in [0.1, 0.15) is 11.1 Å². The van der Waals surface area contributed by atoms with Gasteiger partial charge in [0, 0.05) is 12.1 Å². The first-order valence-corrected chi connectivity index (χ1v) is 6.87. The molecule has 0 aliphatic rings. The molecule has 2 aromatic carbocycles. The van der Waals surface area contributed by atoms with Gasteiger partial charge in [-0.1, -0.05) is 12.1 Å². The summed E-state index contributed by atoms with van der Waals surface area (Å²) in [5.74, 6) is 1.05. The van der Waals surface area contributed by atoms with Crippen LogP contribution in [-0.2, 0) is 13.2 Å². The summed E-state index contributed by atoms with van der Waals surface area (Å²) in [7, 11) is 1.59. The molecular formula is C15H15BrFNO2. The maximum absolute atomic E-state index is 13.8. The van der Waals surface area contributed by atoms with Crippen molar-refractivity contribution in [1.82, 2.24) is 0 Å². The van der Waals surface area contributed by atoms with E-state index in [1.807, 2.05) is 0 Å². The van der Waals surface area contributed by atoms with Gasteiger partial charge in [0.05, 0.1) is 11.6 Å². The molecule has 0 spiro atoms. The van der Waals surface area contributed by atoms with Gasteiger partial charge in [0.15, 0.2) is 0 Å². The molecule has 0 heterocycles. The summed E-state index contributed by atoms with van der Waals surface area (Å²) in [4.78, 5) is 0. The first-order valence-electron chi connectivity index (χ1n) is 6.07. The highest BCUT2D eigenvalue weighted by Gasteiger charge is 2.07. The third kappa shape index (κ3) is 3.49. The molecule has 0 unspecified atom stereocenters. The van der Waals surface area contributed by atoms with Gasteiger partial charge in [0.25, 0.3) is 0 Å². The van der Waals surface area contributed by atoms with Crippen LogP contribution in [0.3, 0.4) is 0 Å². The van der Waals surface area contributed by atoms with Gasteiger partial charge in [-0.15, -0.1) is 0 Å². The van der Waals surface area contributed by atoms with E-state index in [0.29, 0.717) is 17.9 Å². The van der Waals surface area contributed by atoms with Crippen molar-refractivity contribution in [2.75, 3.05) is 7.11 Å². The predicted molar refractivity (Wildman–Crippen MR) is 79.3 cm³/mol. The second kappa shape index (κ2) is 6.72. The molecule has 0 aliphatic carbocycles. The quantitative estimate of drug-likeness (QED) is 0.904. The van der Waals surface area contributed by atoms with E-state index < -0.39 is 0 Å². The lowest BCUT2D eigenvalue weighted by Gasteiger charge is -2.10. The fourth-order valence-corrected chi connectivity index (χ4v) is 2.19. The monoisotopic (exact) mass is 339 g/mol. The Balaban J connectivity index is 2.09. The average Bonchev–Trinajstić information content (AvgIpc) is 2.46. The molecule has 2 rings (SSSR count). The van der Waals surface area contributed by atoms with Crippen molar-refractivity contribution >= 4 is 15.9 Å². The third-order valence-corrected chi connectivity index (χ3v) is 3.50. The van der Waals surface area contributed by atoms with Crippen LogP contribution in [0.25, 0.3) is 0 Å². The normalized spacial score (nSPS) is 10.4. The summed E-state index contributed by atoms with van der Waals surface area (Å²) in [6.45, 7) is 0.476. The van der Waals surface area contributed by atoms with Crippen molar-refractivity contribution in [1.29, 1.82) is 0 Å². The molecule has 0 atom stereocenters. The van der Waals surface area contributed by atoms with Crippen LogP contribution in [0.15, 0.2) is 40.9 Å². The second-order valence-electron chi connectivity index (χ2n) is 4.21. The highest BCUT2D eigenvalue weighted by molar-refractivity contribution is 9.10. The maximum atomic E-state index is 13.8. The molecule has 2 N–H and O–H groups in total. The lowest BCUT2D eigenvalue weighted by Crippen LogP contribution is -2.02. The van der Waals surface area contributed by atoms with Gasteiger partial charge in [0.1, 0.15) is 23.9 Å². The zero-order valence-electron chi connectivity index (χ0n) is 11.0. The van der Waals surface area contributed by atoms with E-state index in [1.54, 1.807) is 37.4 Å². The zero-order chi connectivity index (χ0) is 14.5. The van der Waals surface area contributed by atoms with Crippen molar-refractivity contribution in [3.8, 4) is 11.5 Å². The summed E-state index contributed by atoms with van der Waals surface area (Å²) in [5.41, 5.74) is 6.72. The Labute approximate surface area is 125 Å². The largest absolute Gasteiger partial charge is 0.497 e. The third-order valence-electron chi connectivity index (χ3n) is 2.88. The van der Waals surface area contributed by atoms with Crippen LogP contribution >= 0.6 is 15.9 Å². The molecule has 0 radical (unpaired) electrons. The first kappa shape index (κ1) is 14.8. The summed E-state index contributed by atoms with van der Waals surface area (Å²) in [6, 6.07) is 10.3. The van der Waals surface area contributed by atoms with Gasteiger partial charge in [0.2, 0.25) is 0 Å². The van der Waals surface area contributed by atoms with E-state index in [1.165, 1.54) is 6.07 Å². The number of methoxy groups -OCH3 is 1. The Morgan fingerprint density at radius 3 is 2.60 bits per heavy atom. The van der Waals surface area contributed by atoms with Crippen LogP contribution < -0.4 is 15.2 Å². The molecule has 20 heavy (non-hydrogen) atoms. The average molecular weight is 340 g/mol. The molecule has 0 saturated carbocycles. The fourth-order valence-electron chi connectivity index (χ4n) is 1.72. The summed E-state index contributed by atoms with van der Waals surface area (Å²) in [5, 5.41) is 0. The van der Waals surface area contributed by atoms with Crippen molar-refractivity contribution in [3.05, 3.63) is 57.8 Å². The van der Waals surface area contributed by atoms with E-state index in [4.69, 9.17) is 15.2 Å². The number of benzene rings is 2. The molecule has 5 heteroatoms. The van der Waals surface area contributed by atoms with Crippen molar-refractivity contribution < 1.29 is 13.9 Å². The standard InChI is InChI=1S/C15H15BrFNO2/c1-19-12-4-5-15(13(16)7-12)20-9-11-3-2-10(8-18)6-14(11)17/h2-7H,8-9,18H2,1H3. The highest BCUT2D eigenvalue weighted by atomic mass is 79.9. The summed E-state index contributed by atoms with van der Waals surface area (Å²) in [6.07, 6.45) is 0.